The number of amides is 2. The van der Waals surface area contributed by atoms with Gasteiger partial charge in [0.05, 0.1) is 17.4 Å². The van der Waals surface area contributed by atoms with Crippen molar-refractivity contribution in [2.24, 2.45) is 5.73 Å². The number of carbonyl (C=O) groups excluding carboxylic acids is 2. The molecule has 1 aromatic carbocycles. The number of nitrogens with zero attached hydrogens (tertiary/aromatic N) is 2. The van der Waals surface area contributed by atoms with E-state index in [9.17, 15) is 9.59 Å². The van der Waals surface area contributed by atoms with E-state index in [1.807, 2.05) is 45.0 Å². The van der Waals surface area contributed by atoms with Crippen molar-refractivity contribution in [1.29, 1.82) is 0 Å². The van der Waals surface area contributed by atoms with Gasteiger partial charge in [-0.25, -0.2) is 9.97 Å². The number of anilines is 2. The zero-order valence-electron chi connectivity index (χ0n) is 16.8. The molecule has 0 bridgehead atoms. The van der Waals surface area contributed by atoms with E-state index in [1.54, 1.807) is 13.2 Å². The Kier molecular flexibility index (Phi) is 7.06. The third kappa shape index (κ3) is 5.50. The van der Waals surface area contributed by atoms with Gasteiger partial charge in [-0.05, 0) is 51.4 Å². The highest BCUT2D eigenvalue weighted by atomic mass is 16.2. The van der Waals surface area contributed by atoms with E-state index in [1.165, 1.54) is 0 Å². The van der Waals surface area contributed by atoms with Gasteiger partial charge in [-0.3, -0.25) is 9.59 Å². The number of hydrogen-bond acceptors (Lipinski definition) is 6. The van der Waals surface area contributed by atoms with Crippen LogP contribution in [0.1, 0.15) is 42.5 Å². The normalized spacial score (nSPS) is 11.1. The molecule has 0 aliphatic carbocycles. The molecule has 0 saturated carbocycles. The van der Waals surface area contributed by atoms with Crippen molar-refractivity contribution in [2.75, 3.05) is 18.9 Å². The summed E-state index contributed by atoms with van der Waals surface area (Å²) in [7, 11) is 1.75. The number of likely N-dealkylation sites (N-methyl/N-ethyl adjacent to an activating group) is 1. The first-order valence-corrected chi connectivity index (χ1v) is 9.25. The Hall–Kier alpha value is -3.00. The van der Waals surface area contributed by atoms with Crippen LogP contribution in [0.4, 0.5) is 11.5 Å². The summed E-state index contributed by atoms with van der Waals surface area (Å²) in [6.07, 6.45) is 2.96. The van der Waals surface area contributed by atoms with Crippen molar-refractivity contribution in [1.82, 2.24) is 20.6 Å². The molecule has 2 aromatic rings. The molecule has 150 valence electrons. The molecule has 0 aliphatic heterocycles. The molecule has 2 rings (SSSR count). The van der Waals surface area contributed by atoms with Gasteiger partial charge in [0.2, 0.25) is 5.91 Å². The number of nitrogens with two attached hydrogens (primary N) is 1. The standard InChI is InChI=1S/C20H28N6O2/c1-5-14-12-24-18(16(25-14)17(21)27)26-15-8-6-7-13(11-15)9-10-23-19(28)20(2,3)22-4/h6-8,11-12,22H,5,9-10H2,1-4H3,(H2,21,27)(H,23,28)(H,24,26). The maximum atomic E-state index is 12.1. The van der Waals surface area contributed by atoms with Crippen LogP contribution in [0.2, 0.25) is 0 Å². The van der Waals surface area contributed by atoms with Crippen LogP contribution in [-0.2, 0) is 17.6 Å². The van der Waals surface area contributed by atoms with Gasteiger partial charge in [-0.15, -0.1) is 0 Å². The van der Waals surface area contributed by atoms with E-state index in [0.29, 0.717) is 30.9 Å². The Labute approximate surface area is 165 Å². The first kappa shape index (κ1) is 21.3. The minimum atomic E-state index is -0.628. The van der Waals surface area contributed by atoms with Gasteiger partial charge in [-0.2, -0.15) is 0 Å². The van der Waals surface area contributed by atoms with Crippen molar-refractivity contribution in [3.8, 4) is 0 Å². The predicted octanol–water partition coefficient (Wildman–Crippen LogP) is 1.54. The average molecular weight is 384 g/mol. The van der Waals surface area contributed by atoms with Crippen LogP contribution >= 0.6 is 0 Å². The van der Waals surface area contributed by atoms with E-state index in [0.717, 1.165) is 11.3 Å². The summed E-state index contributed by atoms with van der Waals surface area (Å²) in [5.41, 5.74) is 7.44. The lowest BCUT2D eigenvalue weighted by molar-refractivity contribution is -0.126. The molecule has 0 saturated heterocycles. The number of hydrogen-bond donors (Lipinski definition) is 4. The number of primary amides is 1. The minimum Gasteiger partial charge on any atom is -0.364 e. The third-order valence-corrected chi connectivity index (χ3v) is 4.50. The van der Waals surface area contributed by atoms with Crippen LogP contribution in [0.15, 0.2) is 30.5 Å². The van der Waals surface area contributed by atoms with Gasteiger partial charge >= 0.3 is 0 Å². The number of aryl methyl sites for hydroxylation is 1. The topological polar surface area (TPSA) is 122 Å². The Balaban J connectivity index is 2.06. The highest BCUT2D eigenvalue weighted by Gasteiger charge is 2.24. The second kappa shape index (κ2) is 9.27. The second-order valence-corrected chi connectivity index (χ2v) is 6.98. The summed E-state index contributed by atoms with van der Waals surface area (Å²) < 4.78 is 0. The Morgan fingerprint density at radius 3 is 2.64 bits per heavy atom. The second-order valence-electron chi connectivity index (χ2n) is 6.98. The van der Waals surface area contributed by atoms with Gasteiger partial charge in [-0.1, -0.05) is 19.1 Å². The van der Waals surface area contributed by atoms with Crippen molar-refractivity contribution in [3.05, 3.63) is 47.4 Å². The molecule has 1 heterocycles. The molecule has 0 aliphatic rings. The van der Waals surface area contributed by atoms with Crippen LogP contribution < -0.4 is 21.7 Å². The summed E-state index contributed by atoms with van der Waals surface area (Å²) in [6, 6.07) is 7.68. The third-order valence-electron chi connectivity index (χ3n) is 4.50. The van der Waals surface area contributed by atoms with E-state index in [-0.39, 0.29) is 11.6 Å². The zero-order chi connectivity index (χ0) is 20.7. The molecule has 1 aromatic heterocycles. The summed E-state index contributed by atoms with van der Waals surface area (Å²) in [4.78, 5) is 32.3. The summed E-state index contributed by atoms with van der Waals surface area (Å²) in [6.45, 7) is 6.11. The SMILES string of the molecule is CCc1cnc(Nc2cccc(CCNC(=O)C(C)(C)NC)c2)c(C(N)=O)n1. The highest BCUT2D eigenvalue weighted by molar-refractivity contribution is 5.96. The summed E-state index contributed by atoms with van der Waals surface area (Å²) >= 11 is 0. The maximum absolute atomic E-state index is 12.1. The first-order chi connectivity index (χ1) is 13.3. The summed E-state index contributed by atoms with van der Waals surface area (Å²) in [5.74, 6) is -0.357. The van der Waals surface area contributed by atoms with Crippen LogP contribution in [0.25, 0.3) is 0 Å². The molecular weight excluding hydrogens is 356 g/mol. The monoisotopic (exact) mass is 384 g/mol. The van der Waals surface area contributed by atoms with Gasteiger partial charge < -0.3 is 21.7 Å². The maximum Gasteiger partial charge on any atom is 0.271 e. The van der Waals surface area contributed by atoms with Crippen molar-refractivity contribution in [2.45, 2.75) is 39.2 Å². The fraction of sp³-hybridized carbons (Fsp3) is 0.400. The number of carbonyl (C=O) groups is 2. The average Bonchev–Trinajstić information content (AvgIpc) is 2.68. The van der Waals surface area contributed by atoms with Crippen LogP contribution in [0.3, 0.4) is 0 Å². The quantitative estimate of drug-likeness (QED) is 0.520. The molecule has 0 unspecified atom stereocenters. The number of benzene rings is 1. The molecule has 0 atom stereocenters. The Bertz CT molecular complexity index is 850. The molecule has 8 heteroatoms. The van der Waals surface area contributed by atoms with Gasteiger partial charge in [0.1, 0.15) is 0 Å². The van der Waals surface area contributed by atoms with Gasteiger partial charge in [0, 0.05) is 12.2 Å². The minimum absolute atomic E-state index is 0.0540. The van der Waals surface area contributed by atoms with Crippen molar-refractivity contribution >= 4 is 23.3 Å². The molecule has 0 spiro atoms. The number of rotatable bonds is 9. The Morgan fingerprint density at radius 2 is 2.00 bits per heavy atom. The number of nitrogens with one attached hydrogen (secondary N) is 3. The summed E-state index contributed by atoms with van der Waals surface area (Å²) in [5, 5.41) is 9.01. The molecule has 8 nitrogen and oxygen atoms in total. The largest absolute Gasteiger partial charge is 0.364 e. The molecule has 2 amide bonds. The van der Waals surface area contributed by atoms with E-state index < -0.39 is 11.4 Å². The lowest BCUT2D eigenvalue weighted by atomic mass is 10.0. The zero-order valence-corrected chi connectivity index (χ0v) is 16.8. The first-order valence-electron chi connectivity index (χ1n) is 9.25. The molecule has 28 heavy (non-hydrogen) atoms. The lowest BCUT2D eigenvalue weighted by Crippen LogP contribution is -2.51. The van der Waals surface area contributed by atoms with Crippen LogP contribution in [-0.4, -0.2) is 40.9 Å². The fourth-order valence-corrected chi connectivity index (χ4v) is 2.46. The molecule has 0 fully saturated rings. The van der Waals surface area contributed by atoms with Crippen molar-refractivity contribution in [3.63, 3.8) is 0 Å². The highest BCUT2D eigenvalue weighted by Crippen LogP contribution is 2.19. The number of aromatic nitrogens is 2. The molecular formula is C20H28N6O2. The van der Waals surface area contributed by atoms with E-state index in [4.69, 9.17) is 5.73 Å². The van der Waals surface area contributed by atoms with E-state index in [2.05, 4.69) is 25.9 Å². The molecule has 0 radical (unpaired) electrons. The van der Waals surface area contributed by atoms with Crippen LogP contribution in [0.5, 0.6) is 0 Å². The molecule has 5 N–H and O–H groups in total. The lowest BCUT2D eigenvalue weighted by Gasteiger charge is -2.22. The fourth-order valence-electron chi connectivity index (χ4n) is 2.46. The smallest absolute Gasteiger partial charge is 0.271 e. The van der Waals surface area contributed by atoms with E-state index >= 15 is 0 Å². The van der Waals surface area contributed by atoms with Gasteiger partial charge in [0.25, 0.3) is 5.91 Å². The van der Waals surface area contributed by atoms with Crippen molar-refractivity contribution < 1.29 is 9.59 Å². The van der Waals surface area contributed by atoms with Gasteiger partial charge in [0.15, 0.2) is 11.5 Å². The van der Waals surface area contributed by atoms with Crippen LogP contribution in [0, 0.1) is 0 Å². The Morgan fingerprint density at radius 1 is 1.25 bits per heavy atom. The predicted molar refractivity (Wildman–Crippen MR) is 110 cm³/mol.